The van der Waals surface area contributed by atoms with E-state index in [-0.39, 0.29) is 16.7 Å². The van der Waals surface area contributed by atoms with Gasteiger partial charge in [0.25, 0.3) is 5.69 Å². The van der Waals surface area contributed by atoms with Crippen molar-refractivity contribution in [1.29, 1.82) is 0 Å². The zero-order valence-corrected chi connectivity index (χ0v) is 13.0. The van der Waals surface area contributed by atoms with Crippen LogP contribution in [0.4, 0.5) is 11.4 Å². The average Bonchev–Trinajstić information content (AvgIpc) is 2.63. The van der Waals surface area contributed by atoms with E-state index in [1.807, 2.05) is 34.7 Å². The molecule has 1 saturated heterocycles. The molecule has 0 bridgehead atoms. The zero-order chi connectivity index (χ0) is 13.8. The molecule has 0 amide bonds. The van der Waals surface area contributed by atoms with E-state index in [9.17, 15) is 10.1 Å². The molecule has 1 aliphatic rings. The maximum Gasteiger partial charge on any atom is 0.282 e. The summed E-state index contributed by atoms with van der Waals surface area (Å²) >= 11 is 2.02. The van der Waals surface area contributed by atoms with E-state index in [1.54, 1.807) is 6.07 Å². The van der Waals surface area contributed by atoms with Gasteiger partial charge < -0.3 is 9.64 Å². The lowest BCUT2D eigenvalue weighted by Gasteiger charge is -2.25. The smallest absolute Gasteiger partial charge is 0.282 e. The van der Waals surface area contributed by atoms with Crippen LogP contribution in [0.3, 0.4) is 0 Å². The van der Waals surface area contributed by atoms with Gasteiger partial charge in [-0.2, -0.15) is 0 Å². The van der Waals surface area contributed by atoms with E-state index in [1.165, 1.54) is 0 Å². The Morgan fingerprint density at radius 2 is 2.37 bits per heavy atom. The van der Waals surface area contributed by atoms with Gasteiger partial charge in [-0.25, -0.2) is 0 Å². The predicted octanol–water partition coefficient (Wildman–Crippen LogP) is 3.20. The number of halogens is 1. The summed E-state index contributed by atoms with van der Waals surface area (Å²) in [7, 11) is 0. The van der Waals surface area contributed by atoms with Gasteiger partial charge >= 0.3 is 0 Å². The van der Waals surface area contributed by atoms with E-state index in [0.29, 0.717) is 3.57 Å². The minimum atomic E-state index is -0.341. The maximum atomic E-state index is 10.8. The van der Waals surface area contributed by atoms with Crippen LogP contribution in [-0.4, -0.2) is 30.7 Å². The Labute approximate surface area is 126 Å². The van der Waals surface area contributed by atoms with Gasteiger partial charge in [0.1, 0.15) is 0 Å². The molecular formula is C13H17IN2O3. The lowest BCUT2D eigenvalue weighted by atomic mass is 10.2. The Balaban J connectivity index is 2.20. The normalized spacial score (nSPS) is 20.1. The molecule has 19 heavy (non-hydrogen) atoms. The van der Waals surface area contributed by atoms with Crippen LogP contribution in [0.5, 0.6) is 0 Å². The van der Waals surface area contributed by atoms with Crippen LogP contribution in [0.25, 0.3) is 0 Å². The molecule has 1 aromatic rings. The number of nitrogens with zero attached hydrogens (tertiary/aromatic N) is 2. The highest BCUT2D eigenvalue weighted by Crippen LogP contribution is 2.27. The summed E-state index contributed by atoms with van der Waals surface area (Å²) in [5.74, 6) is 0. The highest BCUT2D eigenvalue weighted by Gasteiger charge is 2.19. The lowest BCUT2D eigenvalue weighted by Crippen LogP contribution is -2.31. The third-order valence-electron chi connectivity index (χ3n) is 3.30. The number of nitro benzene ring substituents is 1. The van der Waals surface area contributed by atoms with Crippen LogP contribution in [-0.2, 0) is 4.74 Å². The molecule has 1 fully saturated rings. The Hall–Kier alpha value is -0.890. The second-order valence-electron chi connectivity index (χ2n) is 4.59. The number of nitro groups is 1. The number of rotatable bonds is 3. The standard InChI is InChI=1S/C13H17IN2O3/c1-2-11-9-15(6-3-7-19-11)10-4-5-13(16(17)18)12(14)8-10/h4-5,8,11H,2-3,6-7,9H2,1H3. The summed E-state index contributed by atoms with van der Waals surface area (Å²) in [5.41, 5.74) is 1.21. The van der Waals surface area contributed by atoms with Crippen LogP contribution in [0.1, 0.15) is 19.8 Å². The summed E-state index contributed by atoms with van der Waals surface area (Å²) in [6.45, 7) is 4.70. The first-order valence-corrected chi connectivity index (χ1v) is 7.50. The molecule has 0 aromatic heterocycles. The van der Waals surface area contributed by atoms with Crippen molar-refractivity contribution >= 4 is 34.0 Å². The van der Waals surface area contributed by atoms with E-state index in [4.69, 9.17) is 4.74 Å². The quantitative estimate of drug-likeness (QED) is 0.462. The summed E-state index contributed by atoms with van der Waals surface area (Å²) in [6.07, 6.45) is 2.22. The van der Waals surface area contributed by atoms with Gasteiger partial charge in [0.15, 0.2) is 0 Å². The minimum Gasteiger partial charge on any atom is -0.376 e. The molecule has 1 aliphatic heterocycles. The zero-order valence-electron chi connectivity index (χ0n) is 10.8. The number of ether oxygens (including phenoxy) is 1. The fourth-order valence-electron chi connectivity index (χ4n) is 2.22. The monoisotopic (exact) mass is 376 g/mol. The molecule has 1 aromatic carbocycles. The topological polar surface area (TPSA) is 55.6 Å². The maximum absolute atomic E-state index is 10.8. The second kappa shape index (κ2) is 6.51. The fourth-order valence-corrected chi connectivity index (χ4v) is 2.91. The molecule has 0 saturated carbocycles. The van der Waals surface area contributed by atoms with Gasteiger partial charge in [-0.1, -0.05) is 6.92 Å². The number of hydrogen-bond acceptors (Lipinski definition) is 4. The Morgan fingerprint density at radius 1 is 1.58 bits per heavy atom. The van der Waals surface area contributed by atoms with Gasteiger partial charge in [0, 0.05) is 31.5 Å². The fraction of sp³-hybridized carbons (Fsp3) is 0.538. The first-order chi connectivity index (χ1) is 9.11. The van der Waals surface area contributed by atoms with Gasteiger partial charge in [-0.05, 0) is 47.6 Å². The molecular weight excluding hydrogens is 359 g/mol. The van der Waals surface area contributed by atoms with Crippen LogP contribution in [0.15, 0.2) is 18.2 Å². The van der Waals surface area contributed by atoms with Crippen molar-refractivity contribution in [1.82, 2.24) is 0 Å². The molecule has 0 spiro atoms. The van der Waals surface area contributed by atoms with Crippen LogP contribution < -0.4 is 4.90 Å². The van der Waals surface area contributed by atoms with E-state index in [2.05, 4.69) is 11.8 Å². The lowest BCUT2D eigenvalue weighted by molar-refractivity contribution is -0.385. The molecule has 0 aliphatic carbocycles. The Morgan fingerprint density at radius 3 is 3.00 bits per heavy atom. The molecule has 0 N–H and O–H groups in total. The Kier molecular flexibility index (Phi) is 4.98. The van der Waals surface area contributed by atoms with Crippen molar-refractivity contribution in [2.45, 2.75) is 25.9 Å². The largest absolute Gasteiger partial charge is 0.376 e. The van der Waals surface area contributed by atoms with Crippen LogP contribution in [0, 0.1) is 13.7 Å². The highest BCUT2D eigenvalue weighted by molar-refractivity contribution is 14.1. The summed E-state index contributed by atoms with van der Waals surface area (Å²) in [4.78, 5) is 12.7. The number of anilines is 1. The van der Waals surface area contributed by atoms with Crippen molar-refractivity contribution in [3.8, 4) is 0 Å². The van der Waals surface area contributed by atoms with Crippen molar-refractivity contribution in [3.05, 3.63) is 31.9 Å². The first-order valence-electron chi connectivity index (χ1n) is 6.42. The molecule has 2 rings (SSSR count). The van der Waals surface area contributed by atoms with Gasteiger partial charge in [0.05, 0.1) is 14.6 Å². The molecule has 1 atom stereocenters. The first kappa shape index (κ1) is 14.5. The van der Waals surface area contributed by atoms with Gasteiger partial charge in [0.2, 0.25) is 0 Å². The molecule has 6 heteroatoms. The van der Waals surface area contributed by atoms with Gasteiger partial charge in [-0.3, -0.25) is 10.1 Å². The number of hydrogen-bond donors (Lipinski definition) is 0. The molecule has 104 valence electrons. The molecule has 5 nitrogen and oxygen atoms in total. The van der Waals surface area contributed by atoms with E-state index in [0.717, 1.165) is 38.2 Å². The van der Waals surface area contributed by atoms with Crippen molar-refractivity contribution in [2.24, 2.45) is 0 Å². The summed E-state index contributed by atoms with van der Waals surface area (Å²) in [5, 5.41) is 10.8. The SMILES string of the molecule is CCC1CN(c2ccc([N+](=O)[O-])c(I)c2)CCCO1. The van der Waals surface area contributed by atoms with E-state index >= 15 is 0 Å². The predicted molar refractivity (Wildman–Crippen MR) is 82.7 cm³/mol. The minimum absolute atomic E-state index is 0.169. The summed E-state index contributed by atoms with van der Waals surface area (Å²) in [6, 6.07) is 5.30. The van der Waals surface area contributed by atoms with E-state index < -0.39 is 0 Å². The molecule has 1 heterocycles. The number of benzene rings is 1. The van der Waals surface area contributed by atoms with Gasteiger partial charge in [-0.15, -0.1) is 0 Å². The van der Waals surface area contributed by atoms with Crippen LogP contribution in [0.2, 0.25) is 0 Å². The van der Waals surface area contributed by atoms with Crippen molar-refractivity contribution in [2.75, 3.05) is 24.6 Å². The van der Waals surface area contributed by atoms with Crippen LogP contribution >= 0.6 is 22.6 Å². The highest BCUT2D eigenvalue weighted by atomic mass is 127. The molecule has 0 radical (unpaired) electrons. The Bertz CT molecular complexity index is 467. The third-order valence-corrected chi connectivity index (χ3v) is 4.16. The van der Waals surface area contributed by atoms with Crippen molar-refractivity contribution in [3.63, 3.8) is 0 Å². The molecule has 1 unspecified atom stereocenters. The second-order valence-corrected chi connectivity index (χ2v) is 5.76. The average molecular weight is 376 g/mol. The van der Waals surface area contributed by atoms with Crippen molar-refractivity contribution < 1.29 is 9.66 Å². The summed E-state index contributed by atoms with van der Waals surface area (Å²) < 4.78 is 6.42. The third kappa shape index (κ3) is 3.56.